The van der Waals surface area contributed by atoms with Gasteiger partial charge in [0.25, 0.3) is 0 Å². The average molecular weight is 463 g/mol. The standard InChI is InChI=1S/C20H25N5O8/c1-30-10-4-9(13(27)17(32-3)16(10)31-2)5-21-18-12-19(23-7-22-18)25(8-24-12)20-15(29)14(28)11(6-26)33-20/h4,7-8,11,14-15,20,26-29H,5-6H2,1-3H3,(H,21,22,23)/t11-,14-,15-,20?/m1/s1. The Bertz CT molecular complexity index is 1140. The van der Waals surface area contributed by atoms with Gasteiger partial charge < -0.3 is 44.7 Å². The SMILES string of the molecule is COc1cc(CNc2ncnc3c2ncn3C2O[C@H](CO)[C@@H](O)[C@H]2O)c(O)c(OC)c1OC. The van der Waals surface area contributed by atoms with Gasteiger partial charge in [-0.2, -0.15) is 0 Å². The first-order valence-corrected chi connectivity index (χ1v) is 9.99. The Morgan fingerprint density at radius 2 is 1.82 bits per heavy atom. The molecule has 1 aromatic carbocycles. The lowest BCUT2D eigenvalue weighted by Gasteiger charge is -2.17. The van der Waals surface area contributed by atoms with Crippen LogP contribution >= 0.6 is 0 Å². The molecule has 33 heavy (non-hydrogen) atoms. The first kappa shape index (κ1) is 22.8. The summed E-state index contributed by atoms with van der Waals surface area (Å²) in [5, 5.41) is 43.4. The van der Waals surface area contributed by atoms with Crippen LogP contribution in [0.25, 0.3) is 11.2 Å². The van der Waals surface area contributed by atoms with Crippen molar-refractivity contribution in [3.05, 3.63) is 24.3 Å². The second-order valence-corrected chi connectivity index (χ2v) is 7.28. The fourth-order valence-electron chi connectivity index (χ4n) is 3.78. The fraction of sp³-hybridized carbons (Fsp3) is 0.450. The molecule has 0 bridgehead atoms. The molecule has 1 fully saturated rings. The van der Waals surface area contributed by atoms with E-state index < -0.39 is 31.1 Å². The minimum absolute atomic E-state index is 0.120. The Labute approximate surface area is 188 Å². The maximum Gasteiger partial charge on any atom is 0.207 e. The van der Waals surface area contributed by atoms with E-state index in [2.05, 4.69) is 20.3 Å². The first-order chi connectivity index (χ1) is 15.9. The molecule has 4 atom stereocenters. The van der Waals surface area contributed by atoms with Crippen LogP contribution in [-0.4, -0.2) is 86.2 Å². The molecule has 3 heterocycles. The van der Waals surface area contributed by atoms with Gasteiger partial charge in [-0.3, -0.25) is 4.57 Å². The summed E-state index contributed by atoms with van der Waals surface area (Å²) in [5.74, 6) is 1.02. The highest BCUT2D eigenvalue weighted by molar-refractivity contribution is 5.82. The van der Waals surface area contributed by atoms with Crippen LogP contribution in [0.5, 0.6) is 23.0 Å². The second-order valence-electron chi connectivity index (χ2n) is 7.28. The normalized spacial score (nSPS) is 22.5. The van der Waals surface area contributed by atoms with E-state index in [1.807, 2.05) is 0 Å². The smallest absolute Gasteiger partial charge is 0.207 e. The molecule has 178 valence electrons. The number of nitrogens with one attached hydrogen (secondary N) is 1. The Hall–Kier alpha value is -3.39. The number of phenolic OH excluding ortho intramolecular Hbond substituents is 1. The summed E-state index contributed by atoms with van der Waals surface area (Å²) in [6, 6.07) is 1.61. The van der Waals surface area contributed by atoms with Gasteiger partial charge in [0.05, 0.1) is 34.3 Å². The van der Waals surface area contributed by atoms with Gasteiger partial charge in [0.2, 0.25) is 11.5 Å². The van der Waals surface area contributed by atoms with Gasteiger partial charge in [-0.1, -0.05) is 0 Å². The van der Waals surface area contributed by atoms with E-state index >= 15 is 0 Å². The van der Waals surface area contributed by atoms with E-state index in [1.54, 1.807) is 6.07 Å². The van der Waals surface area contributed by atoms with Crippen molar-refractivity contribution in [3.8, 4) is 23.0 Å². The van der Waals surface area contributed by atoms with Gasteiger partial charge >= 0.3 is 0 Å². The van der Waals surface area contributed by atoms with E-state index in [4.69, 9.17) is 18.9 Å². The molecule has 0 radical (unpaired) electrons. The second kappa shape index (κ2) is 9.23. The van der Waals surface area contributed by atoms with Gasteiger partial charge in [0.1, 0.15) is 24.6 Å². The third-order valence-corrected chi connectivity index (χ3v) is 5.48. The van der Waals surface area contributed by atoms with E-state index in [0.717, 1.165) is 0 Å². The quantitative estimate of drug-likeness (QED) is 0.298. The van der Waals surface area contributed by atoms with Crippen molar-refractivity contribution in [3.63, 3.8) is 0 Å². The highest BCUT2D eigenvalue weighted by atomic mass is 16.6. The lowest BCUT2D eigenvalue weighted by molar-refractivity contribution is -0.0511. The topological polar surface area (TPSA) is 173 Å². The van der Waals surface area contributed by atoms with Crippen LogP contribution in [0, 0.1) is 0 Å². The van der Waals surface area contributed by atoms with Crippen LogP contribution in [-0.2, 0) is 11.3 Å². The molecule has 0 spiro atoms. The van der Waals surface area contributed by atoms with Gasteiger partial charge in [0, 0.05) is 12.1 Å². The van der Waals surface area contributed by atoms with Crippen LogP contribution in [0.4, 0.5) is 5.82 Å². The number of aliphatic hydroxyl groups is 3. The Balaban J connectivity index is 1.63. The summed E-state index contributed by atoms with van der Waals surface area (Å²) in [7, 11) is 4.33. The summed E-state index contributed by atoms with van der Waals surface area (Å²) in [5.41, 5.74) is 1.18. The van der Waals surface area contributed by atoms with E-state index in [1.165, 1.54) is 38.6 Å². The lowest BCUT2D eigenvalue weighted by atomic mass is 10.1. The van der Waals surface area contributed by atoms with Crippen molar-refractivity contribution in [2.75, 3.05) is 33.3 Å². The van der Waals surface area contributed by atoms with Gasteiger partial charge in [0.15, 0.2) is 34.7 Å². The number of aliphatic hydroxyl groups excluding tert-OH is 3. The molecule has 0 saturated carbocycles. The van der Waals surface area contributed by atoms with Gasteiger partial charge in [-0.25, -0.2) is 15.0 Å². The van der Waals surface area contributed by atoms with Crippen LogP contribution in [0.1, 0.15) is 11.8 Å². The molecule has 0 amide bonds. The molecule has 2 aromatic heterocycles. The number of imidazole rings is 1. The molecule has 1 aliphatic heterocycles. The highest BCUT2D eigenvalue weighted by Gasteiger charge is 2.44. The number of hydrogen-bond donors (Lipinski definition) is 5. The number of rotatable bonds is 8. The monoisotopic (exact) mass is 463 g/mol. The molecule has 13 nitrogen and oxygen atoms in total. The summed E-state index contributed by atoms with van der Waals surface area (Å²) < 4.78 is 22.9. The van der Waals surface area contributed by atoms with Crippen LogP contribution in [0.3, 0.4) is 0 Å². The highest BCUT2D eigenvalue weighted by Crippen LogP contribution is 2.46. The van der Waals surface area contributed by atoms with Gasteiger partial charge in [-0.05, 0) is 6.07 Å². The molecule has 1 unspecified atom stereocenters. The Morgan fingerprint density at radius 3 is 2.45 bits per heavy atom. The van der Waals surface area contributed by atoms with Gasteiger partial charge in [-0.15, -0.1) is 0 Å². The molecule has 3 aromatic rings. The number of ether oxygens (including phenoxy) is 4. The van der Waals surface area contributed by atoms with E-state index in [9.17, 15) is 20.4 Å². The van der Waals surface area contributed by atoms with Crippen LogP contribution in [0.2, 0.25) is 0 Å². The van der Waals surface area contributed by atoms with E-state index in [-0.39, 0.29) is 23.8 Å². The number of fused-ring (bicyclic) bond motifs is 1. The predicted molar refractivity (Wildman–Crippen MR) is 113 cm³/mol. The minimum atomic E-state index is -1.28. The van der Waals surface area contributed by atoms with Crippen molar-refractivity contribution < 1.29 is 39.4 Å². The lowest BCUT2D eigenvalue weighted by Crippen LogP contribution is -2.33. The zero-order chi connectivity index (χ0) is 23.7. The summed E-state index contributed by atoms with van der Waals surface area (Å²) in [4.78, 5) is 12.7. The zero-order valence-corrected chi connectivity index (χ0v) is 18.2. The van der Waals surface area contributed by atoms with E-state index in [0.29, 0.717) is 28.3 Å². The van der Waals surface area contributed by atoms with Crippen LogP contribution < -0.4 is 19.5 Å². The fourth-order valence-corrected chi connectivity index (χ4v) is 3.78. The number of phenols is 1. The number of hydrogen-bond acceptors (Lipinski definition) is 12. The van der Waals surface area contributed by atoms with Crippen molar-refractivity contribution >= 4 is 17.0 Å². The van der Waals surface area contributed by atoms with Crippen LogP contribution in [0.15, 0.2) is 18.7 Å². The number of anilines is 1. The van der Waals surface area contributed by atoms with Crippen molar-refractivity contribution in [2.24, 2.45) is 0 Å². The summed E-state index contributed by atoms with van der Waals surface area (Å²) >= 11 is 0. The number of methoxy groups -OCH3 is 3. The molecule has 1 saturated heterocycles. The zero-order valence-electron chi connectivity index (χ0n) is 18.2. The number of nitrogens with zero attached hydrogens (tertiary/aromatic N) is 4. The number of aromatic hydroxyl groups is 1. The molecular formula is C20H25N5O8. The maximum absolute atomic E-state index is 10.6. The first-order valence-electron chi connectivity index (χ1n) is 9.99. The molecule has 1 aliphatic rings. The van der Waals surface area contributed by atoms with Crippen molar-refractivity contribution in [1.82, 2.24) is 19.5 Å². The molecule has 5 N–H and O–H groups in total. The molecular weight excluding hydrogens is 438 g/mol. The predicted octanol–water partition coefficient (Wildman–Crippen LogP) is -0.219. The molecule has 13 heteroatoms. The molecule has 4 rings (SSSR count). The molecule has 0 aliphatic carbocycles. The summed E-state index contributed by atoms with van der Waals surface area (Å²) in [6.45, 7) is -0.309. The number of benzene rings is 1. The maximum atomic E-state index is 10.6. The summed E-state index contributed by atoms with van der Waals surface area (Å²) in [6.07, 6.45) is -1.73. The average Bonchev–Trinajstić information content (AvgIpc) is 3.38. The van der Waals surface area contributed by atoms with Crippen molar-refractivity contribution in [2.45, 2.75) is 31.1 Å². The number of aromatic nitrogens is 4. The van der Waals surface area contributed by atoms with Crippen molar-refractivity contribution in [1.29, 1.82) is 0 Å². The Kier molecular flexibility index (Phi) is 6.37. The minimum Gasteiger partial charge on any atom is -0.504 e. The largest absolute Gasteiger partial charge is 0.504 e. The third kappa shape index (κ3) is 3.84. The third-order valence-electron chi connectivity index (χ3n) is 5.48. The Morgan fingerprint density at radius 1 is 1.06 bits per heavy atom.